The molecule has 0 atom stereocenters. The third kappa shape index (κ3) is 5.04. The first-order chi connectivity index (χ1) is 17.1. The van der Waals surface area contributed by atoms with Crippen LogP contribution in [0.15, 0.2) is 131 Å². The van der Waals surface area contributed by atoms with Crippen molar-refractivity contribution in [1.29, 1.82) is 0 Å². The molecule has 0 unspecified atom stereocenters. The van der Waals surface area contributed by atoms with Crippen molar-refractivity contribution in [3.8, 4) is 0 Å². The number of Topliss-reactive ketones (excluding diaryl/α,β-unsaturated/α-hetero) is 3. The van der Waals surface area contributed by atoms with Gasteiger partial charge in [0.15, 0.2) is 17.3 Å². The van der Waals surface area contributed by atoms with Crippen molar-refractivity contribution in [1.82, 2.24) is 0 Å². The van der Waals surface area contributed by atoms with Crippen LogP contribution in [0, 0.1) is 0 Å². The fourth-order valence-corrected chi connectivity index (χ4v) is 4.78. The molecule has 35 heavy (non-hydrogen) atoms. The topological polar surface area (TPSA) is 51.2 Å². The van der Waals surface area contributed by atoms with Crippen LogP contribution in [0.25, 0.3) is 0 Å². The summed E-state index contributed by atoms with van der Waals surface area (Å²) >= 11 is 0. The summed E-state index contributed by atoms with van der Waals surface area (Å²) in [5, 5.41) is 0. The highest BCUT2D eigenvalue weighted by Gasteiger charge is 2.24. The zero-order valence-electron chi connectivity index (χ0n) is 19.5. The number of carbonyl (C=O) groups is 3. The normalized spacial score (nSPS) is 19.9. The molecule has 5 rings (SSSR count). The zero-order chi connectivity index (χ0) is 24.2. The van der Waals surface area contributed by atoms with E-state index in [1.165, 1.54) is 0 Å². The molecule has 1 saturated carbocycles. The molecule has 0 spiro atoms. The first-order valence-electron chi connectivity index (χ1n) is 12.0. The van der Waals surface area contributed by atoms with Gasteiger partial charge >= 0.3 is 0 Å². The molecule has 0 aliphatic heterocycles. The molecular formula is C32H26O3. The minimum atomic E-state index is 0.0346. The second-order valence-corrected chi connectivity index (χ2v) is 9.13. The highest BCUT2D eigenvalue weighted by atomic mass is 16.1. The van der Waals surface area contributed by atoms with Gasteiger partial charge in [-0.2, -0.15) is 0 Å². The van der Waals surface area contributed by atoms with Crippen LogP contribution in [0.5, 0.6) is 0 Å². The molecule has 0 saturated heterocycles. The monoisotopic (exact) mass is 458 g/mol. The molecule has 2 aromatic carbocycles. The zero-order valence-corrected chi connectivity index (χ0v) is 19.5. The first-order valence-corrected chi connectivity index (χ1v) is 12.0. The lowest BCUT2D eigenvalue weighted by atomic mass is 9.86. The lowest BCUT2D eigenvalue weighted by Crippen LogP contribution is -2.13. The van der Waals surface area contributed by atoms with E-state index in [0.717, 1.165) is 52.7 Å². The minimum absolute atomic E-state index is 0.0346. The third-order valence-corrected chi connectivity index (χ3v) is 6.64. The fraction of sp³-hybridized carbons (Fsp3) is 0.156. The lowest BCUT2D eigenvalue weighted by Gasteiger charge is -2.17. The summed E-state index contributed by atoms with van der Waals surface area (Å²) in [6, 6.07) is 18.6. The van der Waals surface area contributed by atoms with Crippen LogP contribution < -0.4 is 0 Å². The summed E-state index contributed by atoms with van der Waals surface area (Å²) in [6.45, 7) is 0. The van der Waals surface area contributed by atoms with Crippen LogP contribution in [-0.2, 0) is 4.79 Å². The number of carbonyl (C=O) groups excluding carboxylic acids is 3. The maximum absolute atomic E-state index is 13.2. The Balaban J connectivity index is 1.23. The van der Waals surface area contributed by atoms with Crippen molar-refractivity contribution < 1.29 is 14.4 Å². The molecule has 0 bridgehead atoms. The van der Waals surface area contributed by atoms with Crippen molar-refractivity contribution in [2.24, 2.45) is 0 Å². The highest BCUT2D eigenvalue weighted by Crippen LogP contribution is 2.32. The molecule has 3 nitrogen and oxygen atoms in total. The predicted octanol–water partition coefficient (Wildman–Crippen LogP) is 6.87. The maximum atomic E-state index is 13.2. The van der Waals surface area contributed by atoms with Gasteiger partial charge in [0.05, 0.1) is 0 Å². The van der Waals surface area contributed by atoms with E-state index < -0.39 is 0 Å². The van der Waals surface area contributed by atoms with Crippen molar-refractivity contribution in [2.45, 2.75) is 32.1 Å². The first kappa shape index (κ1) is 22.7. The Kier molecular flexibility index (Phi) is 6.49. The van der Waals surface area contributed by atoms with Gasteiger partial charge in [0.1, 0.15) is 0 Å². The van der Waals surface area contributed by atoms with E-state index in [4.69, 9.17) is 0 Å². The summed E-state index contributed by atoms with van der Waals surface area (Å²) in [4.78, 5) is 38.7. The fourth-order valence-electron chi connectivity index (χ4n) is 4.78. The molecule has 172 valence electrons. The summed E-state index contributed by atoms with van der Waals surface area (Å²) in [6.07, 6.45) is 15.0. The van der Waals surface area contributed by atoms with Gasteiger partial charge in [-0.25, -0.2) is 0 Å². The number of rotatable bonds is 6. The summed E-state index contributed by atoms with van der Waals surface area (Å²) in [5.74, 6) is 0.142. The standard InChI is InChI=1S/C32H26O3/c33-30(24-8-3-1-4-9-24)28-16-14-22(20-28)18-26-12-7-13-27(32(26)35)19-23-15-17-29(21-23)31(34)25-10-5-2-6-11-25/h1-6,8-11,14-19H,7,12-13,20-21H2/b26-18+,27-19+. The Morgan fingerprint density at radius 1 is 0.600 bits per heavy atom. The van der Waals surface area contributed by atoms with Gasteiger partial charge in [-0.05, 0) is 30.4 Å². The summed E-state index contributed by atoms with van der Waals surface area (Å²) in [7, 11) is 0. The predicted molar refractivity (Wildman–Crippen MR) is 138 cm³/mol. The highest BCUT2D eigenvalue weighted by molar-refractivity contribution is 6.12. The average Bonchev–Trinajstić information content (AvgIpc) is 3.56. The van der Waals surface area contributed by atoms with Crippen molar-refractivity contribution in [3.05, 3.63) is 142 Å². The molecule has 0 radical (unpaired) electrons. The molecule has 3 aliphatic rings. The average molecular weight is 459 g/mol. The Morgan fingerprint density at radius 3 is 1.46 bits per heavy atom. The van der Waals surface area contributed by atoms with Crippen LogP contribution in [0.2, 0.25) is 0 Å². The van der Waals surface area contributed by atoms with E-state index >= 15 is 0 Å². The van der Waals surface area contributed by atoms with Crippen LogP contribution in [0.4, 0.5) is 0 Å². The lowest BCUT2D eigenvalue weighted by molar-refractivity contribution is -0.113. The molecule has 0 aromatic heterocycles. The molecule has 1 fully saturated rings. The van der Waals surface area contributed by atoms with Gasteiger partial charge in [-0.1, -0.05) is 97.1 Å². The maximum Gasteiger partial charge on any atom is 0.189 e. The molecular weight excluding hydrogens is 432 g/mol. The van der Waals surface area contributed by atoms with Crippen LogP contribution in [0.1, 0.15) is 52.8 Å². The minimum Gasteiger partial charge on any atom is -0.289 e. The van der Waals surface area contributed by atoms with Crippen molar-refractivity contribution >= 4 is 17.3 Å². The van der Waals surface area contributed by atoms with Crippen molar-refractivity contribution in [2.75, 3.05) is 0 Å². The molecule has 3 heteroatoms. The number of hydrogen-bond donors (Lipinski definition) is 0. The largest absolute Gasteiger partial charge is 0.289 e. The van der Waals surface area contributed by atoms with Gasteiger partial charge in [0.2, 0.25) is 0 Å². The number of benzene rings is 2. The van der Waals surface area contributed by atoms with Crippen molar-refractivity contribution in [3.63, 3.8) is 0 Å². The van der Waals surface area contributed by atoms with Gasteiger partial charge in [0, 0.05) is 46.3 Å². The van der Waals surface area contributed by atoms with E-state index in [1.807, 2.05) is 97.1 Å². The smallest absolute Gasteiger partial charge is 0.189 e. The SMILES string of the molecule is O=C1/C(=C/C2=CC=C(C(=O)c3ccccc3)C2)CCC/C1=C\C1=CC=C(C(=O)c2ccccc2)C1. The quantitative estimate of drug-likeness (QED) is 0.351. The Morgan fingerprint density at radius 2 is 1.03 bits per heavy atom. The van der Waals surface area contributed by atoms with Crippen LogP contribution in [-0.4, -0.2) is 17.3 Å². The van der Waals surface area contributed by atoms with E-state index in [2.05, 4.69) is 0 Å². The Bertz CT molecular complexity index is 1270. The van der Waals surface area contributed by atoms with E-state index in [1.54, 1.807) is 0 Å². The van der Waals surface area contributed by atoms with E-state index in [-0.39, 0.29) is 17.3 Å². The molecule has 3 aliphatic carbocycles. The number of hydrogen-bond acceptors (Lipinski definition) is 3. The van der Waals surface area contributed by atoms with E-state index in [0.29, 0.717) is 24.0 Å². The Hall–Kier alpha value is -4.11. The molecule has 2 aromatic rings. The van der Waals surface area contributed by atoms with Crippen LogP contribution >= 0.6 is 0 Å². The van der Waals surface area contributed by atoms with E-state index in [9.17, 15) is 14.4 Å². The van der Waals surface area contributed by atoms with Gasteiger partial charge in [-0.15, -0.1) is 0 Å². The Labute approximate surface area is 205 Å². The summed E-state index contributed by atoms with van der Waals surface area (Å²) in [5.41, 5.74) is 6.44. The molecule has 0 N–H and O–H groups in total. The number of allylic oxidation sites excluding steroid dienone is 12. The second kappa shape index (κ2) is 10.0. The number of ketones is 3. The van der Waals surface area contributed by atoms with Gasteiger partial charge in [-0.3, -0.25) is 14.4 Å². The van der Waals surface area contributed by atoms with Gasteiger partial charge in [0.25, 0.3) is 0 Å². The second-order valence-electron chi connectivity index (χ2n) is 9.13. The van der Waals surface area contributed by atoms with Gasteiger partial charge < -0.3 is 0 Å². The third-order valence-electron chi connectivity index (χ3n) is 6.64. The molecule has 0 amide bonds. The molecule has 0 heterocycles. The summed E-state index contributed by atoms with van der Waals surface area (Å²) < 4.78 is 0. The van der Waals surface area contributed by atoms with Crippen LogP contribution in [0.3, 0.4) is 0 Å².